The summed E-state index contributed by atoms with van der Waals surface area (Å²) in [6, 6.07) is 6.50. The van der Waals surface area contributed by atoms with Crippen LogP contribution >= 0.6 is 23.1 Å². The lowest BCUT2D eigenvalue weighted by atomic mass is 10.1. The highest BCUT2D eigenvalue weighted by atomic mass is 32.2. The fourth-order valence-corrected chi connectivity index (χ4v) is 4.31. The van der Waals surface area contributed by atoms with Crippen molar-refractivity contribution in [3.63, 3.8) is 0 Å². The van der Waals surface area contributed by atoms with Crippen molar-refractivity contribution in [2.45, 2.75) is 23.6 Å². The van der Waals surface area contributed by atoms with E-state index in [0.29, 0.717) is 0 Å². The van der Waals surface area contributed by atoms with E-state index >= 15 is 0 Å². The summed E-state index contributed by atoms with van der Waals surface area (Å²) >= 11 is 3.50. The molecule has 25 heavy (non-hydrogen) atoms. The molecule has 2 N–H and O–H groups in total. The van der Waals surface area contributed by atoms with Crippen LogP contribution in [0.2, 0.25) is 0 Å². The quantitative estimate of drug-likeness (QED) is 0.321. The zero-order chi connectivity index (χ0) is 17.3. The van der Waals surface area contributed by atoms with Gasteiger partial charge in [0, 0.05) is 43.9 Å². The summed E-state index contributed by atoms with van der Waals surface area (Å²) in [4.78, 5) is 8.56. The maximum absolute atomic E-state index is 5.55. The molecule has 2 aromatic rings. The molecule has 0 spiro atoms. The van der Waals surface area contributed by atoms with Crippen molar-refractivity contribution in [3.05, 3.63) is 40.9 Å². The Morgan fingerprint density at radius 1 is 1.36 bits per heavy atom. The van der Waals surface area contributed by atoms with Gasteiger partial charge in [-0.2, -0.15) is 0 Å². The van der Waals surface area contributed by atoms with Gasteiger partial charge < -0.3 is 15.4 Å². The van der Waals surface area contributed by atoms with Gasteiger partial charge in [0.1, 0.15) is 10.1 Å². The van der Waals surface area contributed by atoms with Gasteiger partial charge in [-0.15, -0.1) is 11.3 Å². The van der Waals surface area contributed by atoms with E-state index in [4.69, 9.17) is 4.74 Å². The zero-order valence-electron chi connectivity index (χ0n) is 14.5. The van der Waals surface area contributed by atoms with Crippen LogP contribution in [0.5, 0.6) is 5.75 Å². The second-order valence-corrected chi connectivity index (χ2v) is 7.95. The van der Waals surface area contributed by atoms with Crippen molar-refractivity contribution in [1.29, 1.82) is 0 Å². The van der Waals surface area contributed by atoms with Crippen LogP contribution in [0, 0.1) is 0 Å². The molecular weight excluding hydrogens is 352 g/mol. The zero-order valence-corrected chi connectivity index (χ0v) is 16.1. The molecule has 0 amide bonds. The third kappa shape index (κ3) is 5.64. The van der Waals surface area contributed by atoms with Crippen LogP contribution in [-0.2, 0) is 12.8 Å². The lowest BCUT2D eigenvalue weighted by Gasteiger charge is -2.12. The third-order valence-corrected chi connectivity index (χ3v) is 5.98. The summed E-state index contributed by atoms with van der Waals surface area (Å²) < 4.78 is 6.69. The van der Waals surface area contributed by atoms with Crippen molar-refractivity contribution in [1.82, 2.24) is 15.6 Å². The highest BCUT2D eigenvalue weighted by molar-refractivity contribution is 8.00. The first-order valence-corrected chi connectivity index (χ1v) is 10.4. The number of nitrogens with zero attached hydrogens (tertiary/aromatic N) is 2. The van der Waals surface area contributed by atoms with Crippen molar-refractivity contribution < 1.29 is 4.74 Å². The van der Waals surface area contributed by atoms with E-state index in [2.05, 4.69) is 38.8 Å². The summed E-state index contributed by atoms with van der Waals surface area (Å²) in [5.74, 6) is 2.97. The Hall–Kier alpha value is -1.73. The van der Waals surface area contributed by atoms with E-state index < -0.39 is 0 Å². The van der Waals surface area contributed by atoms with Gasteiger partial charge in [-0.05, 0) is 30.0 Å². The minimum atomic E-state index is 0.814. The van der Waals surface area contributed by atoms with E-state index in [1.54, 1.807) is 11.3 Å². The largest absolute Gasteiger partial charge is 0.493 e. The second kappa shape index (κ2) is 9.68. The topological polar surface area (TPSA) is 58.5 Å². The van der Waals surface area contributed by atoms with Crippen LogP contribution < -0.4 is 15.4 Å². The molecule has 7 heteroatoms. The molecule has 0 aliphatic carbocycles. The predicted octanol–water partition coefficient (Wildman–Crippen LogP) is 2.97. The summed E-state index contributed by atoms with van der Waals surface area (Å²) in [6.07, 6.45) is 4.94. The number of rotatable bonds is 8. The van der Waals surface area contributed by atoms with E-state index in [9.17, 15) is 0 Å². The molecule has 1 aliphatic rings. The summed E-state index contributed by atoms with van der Waals surface area (Å²) in [5.41, 5.74) is 2.67. The summed E-state index contributed by atoms with van der Waals surface area (Å²) in [5, 5.41) is 8.76. The van der Waals surface area contributed by atoms with E-state index in [1.807, 2.05) is 30.4 Å². The number of hydrogen-bond donors (Lipinski definition) is 2. The number of hydrogen-bond acceptors (Lipinski definition) is 5. The van der Waals surface area contributed by atoms with Crippen LogP contribution in [0.15, 0.2) is 39.1 Å². The van der Waals surface area contributed by atoms with Crippen molar-refractivity contribution >= 4 is 29.1 Å². The van der Waals surface area contributed by atoms with E-state index in [0.717, 1.165) is 60.8 Å². The number of thiazole rings is 1. The van der Waals surface area contributed by atoms with Crippen LogP contribution in [0.3, 0.4) is 0 Å². The minimum Gasteiger partial charge on any atom is -0.493 e. The Balaban J connectivity index is 1.31. The molecule has 0 saturated carbocycles. The van der Waals surface area contributed by atoms with Crippen molar-refractivity contribution in [2.24, 2.45) is 4.99 Å². The Morgan fingerprint density at radius 2 is 2.28 bits per heavy atom. The molecule has 1 aromatic heterocycles. The molecule has 1 aliphatic heterocycles. The first-order valence-electron chi connectivity index (χ1n) is 8.56. The Morgan fingerprint density at radius 3 is 3.12 bits per heavy atom. The molecule has 0 atom stereocenters. The normalized spacial score (nSPS) is 13.4. The number of fused-ring (bicyclic) bond motifs is 1. The van der Waals surface area contributed by atoms with Gasteiger partial charge in [0.05, 0.1) is 6.61 Å². The van der Waals surface area contributed by atoms with Gasteiger partial charge in [0.15, 0.2) is 5.96 Å². The Labute approximate surface area is 157 Å². The van der Waals surface area contributed by atoms with Gasteiger partial charge >= 0.3 is 0 Å². The molecule has 1 aromatic carbocycles. The van der Waals surface area contributed by atoms with Crippen LogP contribution in [0.1, 0.15) is 17.5 Å². The van der Waals surface area contributed by atoms with E-state index in [-0.39, 0.29) is 0 Å². The highest BCUT2D eigenvalue weighted by Gasteiger charge is 2.11. The molecule has 0 fully saturated rings. The first-order chi connectivity index (χ1) is 12.3. The van der Waals surface area contributed by atoms with Gasteiger partial charge in [0.2, 0.25) is 0 Å². The van der Waals surface area contributed by atoms with E-state index in [1.165, 1.54) is 11.1 Å². The molecule has 134 valence electrons. The maximum atomic E-state index is 5.55. The molecule has 0 bridgehead atoms. The summed E-state index contributed by atoms with van der Waals surface area (Å²) in [7, 11) is 1.81. The van der Waals surface area contributed by atoms with Gasteiger partial charge in [0.25, 0.3) is 0 Å². The fourth-order valence-electron chi connectivity index (χ4n) is 2.66. The molecule has 2 heterocycles. The minimum absolute atomic E-state index is 0.814. The average molecular weight is 377 g/mol. The lowest BCUT2D eigenvalue weighted by Crippen LogP contribution is -2.38. The fraction of sp³-hybridized carbons (Fsp3) is 0.444. The molecule has 3 rings (SSSR count). The molecule has 5 nitrogen and oxygen atoms in total. The summed E-state index contributed by atoms with van der Waals surface area (Å²) in [6.45, 7) is 2.59. The number of aliphatic imine (C=N–C) groups is 1. The van der Waals surface area contributed by atoms with Gasteiger partial charge in [-0.1, -0.05) is 23.9 Å². The number of nitrogens with one attached hydrogen (secondary N) is 2. The third-order valence-electron chi connectivity index (χ3n) is 3.93. The predicted molar refractivity (Wildman–Crippen MR) is 106 cm³/mol. The standard InChI is InChI=1S/C18H24N4OS2/c1-19-17(20-7-2-11-24-18-22-9-12-25-18)21-8-5-14-3-4-16-15(13-14)6-10-23-16/h3-4,9,12-13H,2,5-8,10-11H2,1H3,(H2,19,20,21). The van der Waals surface area contributed by atoms with Gasteiger partial charge in [-0.25, -0.2) is 4.98 Å². The van der Waals surface area contributed by atoms with Crippen LogP contribution in [0.25, 0.3) is 0 Å². The highest BCUT2D eigenvalue weighted by Crippen LogP contribution is 2.25. The number of ether oxygens (including phenoxy) is 1. The van der Waals surface area contributed by atoms with Crippen molar-refractivity contribution in [2.75, 3.05) is 32.5 Å². The second-order valence-electron chi connectivity index (χ2n) is 5.72. The Kier molecular flexibility index (Phi) is 6.99. The SMILES string of the molecule is CN=C(NCCCSc1nccs1)NCCc1ccc2c(c1)CCO2. The first kappa shape index (κ1) is 18.1. The molecular formula is C18H24N4OS2. The number of guanidine groups is 1. The number of thioether (sulfide) groups is 1. The molecule has 0 saturated heterocycles. The number of aromatic nitrogens is 1. The van der Waals surface area contributed by atoms with Crippen LogP contribution in [-0.4, -0.2) is 43.4 Å². The van der Waals surface area contributed by atoms with Gasteiger partial charge in [-0.3, -0.25) is 4.99 Å². The van der Waals surface area contributed by atoms with Crippen molar-refractivity contribution in [3.8, 4) is 5.75 Å². The number of benzene rings is 1. The maximum Gasteiger partial charge on any atom is 0.190 e. The smallest absolute Gasteiger partial charge is 0.190 e. The lowest BCUT2D eigenvalue weighted by molar-refractivity contribution is 0.357. The molecule has 0 unspecified atom stereocenters. The molecule has 0 radical (unpaired) electrons. The van der Waals surface area contributed by atoms with Crippen LogP contribution in [0.4, 0.5) is 0 Å². The average Bonchev–Trinajstić information content (AvgIpc) is 3.31. The monoisotopic (exact) mass is 376 g/mol. The Bertz CT molecular complexity index is 688.